The van der Waals surface area contributed by atoms with Gasteiger partial charge in [0.2, 0.25) is 0 Å². The van der Waals surface area contributed by atoms with E-state index in [2.05, 4.69) is 81.7 Å². The van der Waals surface area contributed by atoms with Gasteiger partial charge in [0.05, 0.1) is 17.9 Å². The van der Waals surface area contributed by atoms with Gasteiger partial charge in [0, 0.05) is 0 Å². The summed E-state index contributed by atoms with van der Waals surface area (Å²) >= 11 is 0. The van der Waals surface area contributed by atoms with Gasteiger partial charge in [0.1, 0.15) is 0 Å². The predicted octanol–water partition coefficient (Wildman–Crippen LogP) is 9.17. The predicted molar refractivity (Wildman–Crippen MR) is 191 cm³/mol. The maximum Gasteiger partial charge on any atom is 0.260 e. The van der Waals surface area contributed by atoms with Crippen LogP contribution < -0.4 is 5.48 Å². The van der Waals surface area contributed by atoms with Crippen molar-refractivity contribution in [3.05, 3.63) is 140 Å². The van der Waals surface area contributed by atoms with E-state index >= 15 is 0 Å². The van der Waals surface area contributed by atoms with Crippen molar-refractivity contribution in [2.24, 2.45) is 0 Å². The Morgan fingerprint density at radius 2 is 0.875 bits per heavy atom. The zero-order valence-corrected chi connectivity index (χ0v) is 29.8. The number of carbonyl (C=O) groups is 2. The molecule has 1 aliphatic rings. The van der Waals surface area contributed by atoms with Crippen LogP contribution in [0.25, 0.3) is 0 Å². The van der Waals surface area contributed by atoms with Crippen LogP contribution in [0.2, 0.25) is 0 Å². The number of benzene rings is 4. The highest BCUT2D eigenvalue weighted by atomic mass is 17.3. The molecule has 0 aromatic heterocycles. The molecule has 0 unspecified atom stereocenters. The zero-order chi connectivity index (χ0) is 34.5. The van der Waals surface area contributed by atoms with Gasteiger partial charge in [0.15, 0.2) is 0 Å². The molecule has 252 valence electrons. The van der Waals surface area contributed by atoms with Crippen molar-refractivity contribution in [3.8, 4) is 0 Å². The maximum atomic E-state index is 14.8. The third-order valence-electron chi connectivity index (χ3n) is 9.20. The Morgan fingerprint density at radius 3 is 1.23 bits per heavy atom. The Morgan fingerprint density at radius 1 is 0.542 bits per heavy atom. The summed E-state index contributed by atoms with van der Waals surface area (Å²) in [5.41, 5.74) is 14.8. The first kappa shape index (κ1) is 35.1. The van der Waals surface area contributed by atoms with Crippen LogP contribution in [-0.4, -0.2) is 22.9 Å². The number of hydrogen-bond acceptors (Lipinski definition) is 4. The van der Waals surface area contributed by atoms with Gasteiger partial charge in [-0.1, -0.05) is 147 Å². The second-order valence-electron chi connectivity index (χ2n) is 14.1. The van der Waals surface area contributed by atoms with E-state index in [1.54, 1.807) is 0 Å². The van der Waals surface area contributed by atoms with Crippen molar-refractivity contribution in [1.82, 2.24) is 10.5 Å². The van der Waals surface area contributed by atoms with Gasteiger partial charge in [-0.2, -0.15) is 10.5 Å². The van der Waals surface area contributed by atoms with Gasteiger partial charge < -0.3 is 0 Å². The van der Waals surface area contributed by atoms with Crippen LogP contribution >= 0.6 is 0 Å². The van der Waals surface area contributed by atoms with Crippen molar-refractivity contribution in [2.75, 3.05) is 0 Å². The number of hydrogen-bond donors (Lipinski definition) is 1. The summed E-state index contributed by atoms with van der Waals surface area (Å²) in [6.07, 6.45) is 4.68. The van der Waals surface area contributed by atoms with E-state index in [1.165, 1.54) is 5.06 Å². The quantitative estimate of drug-likeness (QED) is 0.138. The number of nitrogens with zero attached hydrogens (tertiary/aromatic N) is 1. The summed E-state index contributed by atoms with van der Waals surface area (Å²) < 4.78 is 0. The Kier molecular flexibility index (Phi) is 11.2. The van der Waals surface area contributed by atoms with Gasteiger partial charge in [-0.3, -0.25) is 9.59 Å². The molecule has 1 saturated carbocycles. The van der Waals surface area contributed by atoms with E-state index in [1.807, 2.05) is 52.0 Å². The van der Waals surface area contributed by atoms with Gasteiger partial charge >= 0.3 is 0 Å². The molecule has 1 N–H and O–H groups in total. The minimum atomic E-state index is -0.636. The molecule has 0 saturated heterocycles. The fourth-order valence-corrected chi connectivity index (χ4v) is 7.56. The standard InChI is InChI=1S/C42H50N2O4/c1-26-14-27(2)19-34(18-26)39(35-20-28(3)15-29(4)21-35)41(45)43-47-48-44(38-12-10-9-11-13-38)42(46)40(36-22-30(5)16-31(6)23-36)37-24-32(7)17-33(8)25-37/h14-25,38-40H,9-13H2,1-8H3,(H,43,45). The molecular formula is C42H50N2O4. The van der Waals surface area contributed by atoms with Crippen molar-refractivity contribution in [1.29, 1.82) is 0 Å². The molecule has 0 aliphatic heterocycles. The molecule has 0 bridgehead atoms. The highest BCUT2D eigenvalue weighted by Crippen LogP contribution is 2.34. The molecule has 6 heteroatoms. The Bertz CT molecular complexity index is 1600. The molecule has 1 aliphatic carbocycles. The lowest BCUT2D eigenvalue weighted by Crippen LogP contribution is -2.46. The molecule has 5 rings (SSSR count). The fraction of sp³-hybridized carbons (Fsp3) is 0.381. The highest BCUT2D eigenvalue weighted by molar-refractivity contribution is 5.87. The smallest absolute Gasteiger partial charge is 0.260 e. The first-order chi connectivity index (χ1) is 22.9. The fourth-order valence-electron chi connectivity index (χ4n) is 7.56. The lowest BCUT2D eigenvalue weighted by molar-refractivity contribution is -0.442. The summed E-state index contributed by atoms with van der Waals surface area (Å²) in [5.74, 6) is -1.84. The summed E-state index contributed by atoms with van der Waals surface area (Å²) in [4.78, 5) is 40.4. The van der Waals surface area contributed by atoms with E-state index in [0.29, 0.717) is 0 Å². The largest absolute Gasteiger partial charge is 0.272 e. The van der Waals surface area contributed by atoms with E-state index in [9.17, 15) is 9.59 Å². The second-order valence-corrected chi connectivity index (χ2v) is 14.1. The van der Waals surface area contributed by atoms with E-state index in [4.69, 9.17) is 9.98 Å². The van der Waals surface area contributed by atoms with Crippen molar-refractivity contribution >= 4 is 11.8 Å². The summed E-state index contributed by atoms with van der Waals surface area (Å²) in [5, 5.41) is 1.39. The number of hydroxylamine groups is 3. The normalized spacial score (nSPS) is 13.6. The molecule has 4 aromatic carbocycles. The van der Waals surface area contributed by atoms with Crippen LogP contribution in [0.1, 0.15) is 111 Å². The summed E-state index contributed by atoms with van der Waals surface area (Å²) in [6.45, 7) is 16.3. The van der Waals surface area contributed by atoms with E-state index in [0.717, 1.165) is 98.9 Å². The Balaban J connectivity index is 1.47. The molecule has 48 heavy (non-hydrogen) atoms. The minimum absolute atomic E-state index is 0.183. The lowest BCUT2D eigenvalue weighted by Gasteiger charge is -2.34. The van der Waals surface area contributed by atoms with Crippen LogP contribution in [0.15, 0.2) is 72.8 Å². The topological polar surface area (TPSA) is 67.9 Å². The molecular weight excluding hydrogens is 596 g/mol. The Labute approximate surface area is 286 Å². The number of rotatable bonds is 10. The van der Waals surface area contributed by atoms with Crippen LogP contribution in [0.4, 0.5) is 0 Å². The molecule has 0 spiro atoms. The average Bonchev–Trinajstić information content (AvgIpc) is 2.98. The van der Waals surface area contributed by atoms with E-state index < -0.39 is 11.8 Å². The molecule has 0 heterocycles. The third kappa shape index (κ3) is 8.60. The molecule has 6 nitrogen and oxygen atoms in total. The van der Waals surface area contributed by atoms with Gasteiger partial charge in [0.25, 0.3) is 11.8 Å². The minimum Gasteiger partial charge on any atom is -0.272 e. The third-order valence-corrected chi connectivity index (χ3v) is 9.20. The summed E-state index contributed by atoms with van der Waals surface area (Å²) in [6, 6.07) is 24.7. The summed E-state index contributed by atoms with van der Waals surface area (Å²) in [7, 11) is 0. The SMILES string of the molecule is Cc1cc(C)cc(C(C(=O)NOON(C(=O)C(c2cc(C)cc(C)c2)c2cc(C)cc(C)c2)C2CCCCC2)c2cc(C)cc(C)c2)c1. The molecule has 0 atom stereocenters. The van der Waals surface area contributed by atoms with Gasteiger partial charge in [-0.25, -0.2) is 0 Å². The maximum absolute atomic E-state index is 14.8. The molecule has 2 amide bonds. The van der Waals surface area contributed by atoms with Crippen LogP contribution in [-0.2, 0) is 19.6 Å². The van der Waals surface area contributed by atoms with Gasteiger partial charge in [-0.15, -0.1) is 0 Å². The molecule has 0 radical (unpaired) electrons. The number of nitrogens with one attached hydrogen (secondary N) is 1. The Hall–Kier alpha value is -4.26. The number of aryl methyl sites for hydroxylation is 8. The lowest BCUT2D eigenvalue weighted by atomic mass is 9.86. The number of carbonyl (C=O) groups excluding carboxylic acids is 2. The highest BCUT2D eigenvalue weighted by Gasteiger charge is 2.36. The van der Waals surface area contributed by atoms with Gasteiger partial charge in [-0.05, 0) is 90.5 Å². The van der Waals surface area contributed by atoms with Crippen molar-refractivity contribution < 1.29 is 19.6 Å². The molecule has 4 aromatic rings. The van der Waals surface area contributed by atoms with Crippen molar-refractivity contribution in [3.63, 3.8) is 0 Å². The van der Waals surface area contributed by atoms with Crippen LogP contribution in [0.5, 0.6) is 0 Å². The second kappa shape index (κ2) is 15.3. The molecule has 1 fully saturated rings. The first-order valence-corrected chi connectivity index (χ1v) is 17.2. The zero-order valence-electron chi connectivity index (χ0n) is 29.8. The van der Waals surface area contributed by atoms with Crippen molar-refractivity contribution in [2.45, 2.75) is 105 Å². The van der Waals surface area contributed by atoms with Crippen LogP contribution in [0, 0.1) is 55.4 Å². The average molecular weight is 647 g/mol. The first-order valence-electron chi connectivity index (χ1n) is 17.2. The monoisotopic (exact) mass is 646 g/mol. The number of amides is 2. The van der Waals surface area contributed by atoms with Crippen LogP contribution in [0.3, 0.4) is 0 Å². The van der Waals surface area contributed by atoms with E-state index in [-0.39, 0.29) is 17.9 Å².